The van der Waals surface area contributed by atoms with E-state index in [4.69, 9.17) is 9.47 Å². The van der Waals surface area contributed by atoms with Gasteiger partial charge in [-0.3, -0.25) is 4.79 Å². The second-order valence-electron chi connectivity index (χ2n) is 6.76. The molecule has 0 aromatic heterocycles. The Kier molecular flexibility index (Phi) is 6.19. The Morgan fingerprint density at radius 2 is 1.96 bits per heavy atom. The first-order valence-electron chi connectivity index (χ1n) is 8.91. The molecule has 3 rings (SSSR count). The number of aliphatic hydroxyl groups is 1. The van der Waals surface area contributed by atoms with Gasteiger partial charge in [0.1, 0.15) is 6.10 Å². The van der Waals surface area contributed by atoms with Crippen molar-refractivity contribution in [2.75, 3.05) is 5.75 Å². The van der Waals surface area contributed by atoms with E-state index in [1.165, 1.54) is 6.08 Å². The van der Waals surface area contributed by atoms with Crippen LogP contribution in [0.4, 0.5) is 4.79 Å². The minimum Gasteiger partial charge on any atom is -0.459 e. The minimum atomic E-state index is -1.50. The molecule has 2 bridgehead atoms. The number of carbonyl (C=O) groups excluding carboxylic acids is 2. The van der Waals surface area contributed by atoms with Crippen molar-refractivity contribution < 1.29 is 24.2 Å². The number of hydrogen-bond donors (Lipinski definition) is 2. The molecular formula is C18H25NO5S. The molecule has 6 nitrogen and oxygen atoms in total. The van der Waals surface area contributed by atoms with Crippen molar-refractivity contribution >= 4 is 23.0 Å². The lowest BCUT2D eigenvalue weighted by Crippen LogP contribution is -2.58. The summed E-state index contributed by atoms with van der Waals surface area (Å²) in [6, 6.07) is -0.483. The Balaban J connectivity index is 1.73. The van der Waals surface area contributed by atoms with Gasteiger partial charge in [-0.1, -0.05) is 30.0 Å². The maximum absolute atomic E-state index is 12.0. The van der Waals surface area contributed by atoms with Crippen molar-refractivity contribution in [1.29, 1.82) is 0 Å². The van der Waals surface area contributed by atoms with Crippen LogP contribution in [0.2, 0.25) is 0 Å². The molecule has 1 amide bonds. The molecule has 3 heterocycles. The van der Waals surface area contributed by atoms with Crippen LogP contribution in [0.15, 0.2) is 24.3 Å². The molecule has 3 aliphatic heterocycles. The van der Waals surface area contributed by atoms with E-state index in [1.54, 1.807) is 0 Å². The van der Waals surface area contributed by atoms with E-state index in [1.807, 2.05) is 6.08 Å². The molecule has 0 saturated carbocycles. The minimum absolute atomic E-state index is 0.159. The number of allylic oxidation sites excluding steroid dienone is 3. The Hall–Kier alpha value is -1.31. The average molecular weight is 367 g/mol. The summed E-state index contributed by atoms with van der Waals surface area (Å²) >= 11 is 1.14. The number of thioether (sulfide) groups is 1. The first-order chi connectivity index (χ1) is 12.0. The van der Waals surface area contributed by atoms with Crippen molar-refractivity contribution in [3.05, 3.63) is 24.3 Å². The van der Waals surface area contributed by atoms with Crippen LogP contribution in [0.5, 0.6) is 0 Å². The predicted molar refractivity (Wildman–Crippen MR) is 95.1 cm³/mol. The molecule has 0 radical (unpaired) electrons. The van der Waals surface area contributed by atoms with E-state index in [0.29, 0.717) is 12.2 Å². The standard InChI is InChI=1S/C18H25NO5S/c20-16-9-7-5-3-1-2-4-6-8-13-10-14(23-16)11-18(22,24-13)15-12-25-17(21)19-15/h1-2,7,9,13-15,22H,3-6,8,10-12H2,(H,19,21)/b2-1-,9-7-/t13-,14-,15+,18-/m1/s1. The van der Waals surface area contributed by atoms with Crippen LogP contribution in [-0.4, -0.2) is 46.1 Å². The largest absolute Gasteiger partial charge is 0.459 e. The Bertz CT molecular complexity index is 564. The third-order valence-electron chi connectivity index (χ3n) is 4.73. The van der Waals surface area contributed by atoms with E-state index >= 15 is 0 Å². The van der Waals surface area contributed by atoms with Crippen LogP contribution in [0.1, 0.15) is 44.9 Å². The summed E-state index contributed by atoms with van der Waals surface area (Å²) < 4.78 is 11.5. The molecule has 2 saturated heterocycles. The lowest BCUT2D eigenvalue weighted by Gasteiger charge is -2.43. The number of hydrogen-bond acceptors (Lipinski definition) is 6. The molecule has 2 fully saturated rings. The van der Waals surface area contributed by atoms with Crippen LogP contribution in [0, 0.1) is 0 Å². The first-order valence-corrected chi connectivity index (χ1v) is 9.89. The maximum atomic E-state index is 12.0. The summed E-state index contributed by atoms with van der Waals surface area (Å²) in [4.78, 5) is 23.5. The van der Waals surface area contributed by atoms with Crippen molar-refractivity contribution in [3.63, 3.8) is 0 Å². The first kappa shape index (κ1) is 18.5. The van der Waals surface area contributed by atoms with Crippen LogP contribution < -0.4 is 5.32 Å². The number of esters is 1. The molecule has 138 valence electrons. The van der Waals surface area contributed by atoms with E-state index in [9.17, 15) is 14.7 Å². The highest BCUT2D eigenvalue weighted by Gasteiger charge is 2.49. The van der Waals surface area contributed by atoms with E-state index in [-0.39, 0.29) is 23.7 Å². The van der Waals surface area contributed by atoms with Gasteiger partial charge in [-0.2, -0.15) is 0 Å². The molecular weight excluding hydrogens is 342 g/mol. The van der Waals surface area contributed by atoms with Gasteiger partial charge in [-0.15, -0.1) is 0 Å². The van der Waals surface area contributed by atoms with E-state index in [0.717, 1.165) is 43.9 Å². The monoisotopic (exact) mass is 367 g/mol. The Morgan fingerprint density at radius 1 is 1.16 bits per heavy atom. The highest BCUT2D eigenvalue weighted by Crippen LogP contribution is 2.36. The number of nitrogens with one attached hydrogen (secondary N) is 1. The quantitative estimate of drug-likeness (QED) is 0.547. The third-order valence-corrected chi connectivity index (χ3v) is 5.61. The van der Waals surface area contributed by atoms with Gasteiger partial charge in [0.05, 0.1) is 12.1 Å². The Labute approximate surface area is 152 Å². The fourth-order valence-electron chi connectivity index (χ4n) is 3.48. The second kappa shape index (κ2) is 8.38. The summed E-state index contributed by atoms with van der Waals surface area (Å²) in [5, 5.41) is 13.6. The molecule has 4 atom stereocenters. The smallest absolute Gasteiger partial charge is 0.330 e. The summed E-state index contributed by atoms with van der Waals surface area (Å²) in [6.45, 7) is 0. The van der Waals surface area contributed by atoms with Gasteiger partial charge in [0.2, 0.25) is 0 Å². The van der Waals surface area contributed by atoms with Gasteiger partial charge in [0.15, 0.2) is 5.79 Å². The van der Waals surface area contributed by atoms with Crippen molar-refractivity contribution in [2.45, 2.75) is 69.0 Å². The van der Waals surface area contributed by atoms with Crippen LogP contribution in [0.3, 0.4) is 0 Å². The molecule has 0 aromatic rings. The van der Waals surface area contributed by atoms with Crippen molar-refractivity contribution in [3.8, 4) is 0 Å². The number of rotatable bonds is 1. The van der Waals surface area contributed by atoms with Gasteiger partial charge in [-0.05, 0) is 32.1 Å². The molecule has 7 heteroatoms. The van der Waals surface area contributed by atoms with E-state index in [2.05, 4.69) is 17.5 Å². The number of carbonyl (C=O) groups is 2. The Morgan fingerprint density at radius 3 is 2.76 bits per heavy atom. The number of amides is 1. The fourth-order valence-corrected chi connectivity index (χ4v) is 4.37. The number of ether oxygens (including phenoxy) is 2. The molecule has 0 unspecified atom stereocenters. The van der Waals surface area contributed by atoms with Gasteiger partial charge in [0.25, 0.3) is 5.24 Å². The van der Waals surface area contributed by atoms with Crippen molar-refractivity contribution in [1.82, 2.24) is 5.32 Å². The molecule has 3 aliphatic rings. The maximum Gasteiger partial charge on any atom is 0.330 e. The summed E-state index contributed by atoms with van der Waals surface area (Å²) in [5.74, 6) is -1.44. The van der Waals surface area contributed by atoms with Crippen LogP contribution >= 0.6 is 11.8 Å². The molecule has 0 aromatic carbocycles. The van der Waals surface area contributed by atoms with Crippen LogP contribution in [0.25, 0.3) is 0 Å². The van der Waals surface area contributed by atoms with E-state index < -0.39 is 17.9 Å². The predicted octanol–water partition coefficient (Wildman–Crippen LogP) is 2.67. The molecule has 0 spiro atoms. The van der Waals surface area contributed by atoms with Gasteiger partial charge in [-0.25, -0.2) is 4.79 Å². The summed E-state index contributed by atoms with van der Waals surface area (Å²) in [7, 11) is 0. The molecule has 0 aliphatic carbocycles. The average Bonchev–Trinajstić information content (AvgIpc) is 2.99. The van der Waals surface area contributed by atoms with Crippen LogP contribution in [-0.2, 0) is 14.3 Å². The van der Waals surface area contributed by atoms with Gasteiger partial charge in [0, 0.05) is 24.7 Å². The highest BCUT2D eigenvalue weighted by molar-refractivity contribution is 8.14. The lowest BCUT2D eigenvalue weighted by molar-refractivity contribution is -0.283. The zero-order valence-corrected chi connectivity index (χ0v) is 15.0. The third kappa shape index (κ3) is 5.09. The normalized spacial score (nSPS) is 39.8. The highest BCUT2D eigenvalue weighted by atomic mass is 32.2. The summed E-state index contributed by atoms with van der Waals surface area (Å²) in [5.41, 5.74) is 0. The lowest BCUT2D eigenvalue weighted by atomic mass is 9.91. The second-order valence-corrected chi connectivity index (χ2v) is 7.75. The zero-order chi connectivity index (χ0) is 17.7. The zero-order valence-electron chi connectivity index (χ0n) is 14.2. The SMILES string of the molecule is O=C1/C=C\CC/C=C\CCC[C@@H]2C[C@H](C[C@](O)([C@@H]3CSC(=O)N3)O2)O1. The summed E-state index contributed by atoms with van der Waals surface area (Å²) in [6.07, 6.45) is 12.1. The molecule has 2 N–H and O–H groups in total. The molecule has 25 heavy (non-hydrogen) atoms. The fraction of sp³-hybridized carbons (Fsp3) is 0.667. The topological polar surface area (TPSA) is 84.9 Å². The van der Waals surface area contributed by atoms with Gasteiger partial charge >= 0.3 is 5.97 Å². The van der Waals surface area contributed by atoms with Gasteiger partial charge < -0.3 is 19.9 Å². The van der Waals surface area contributed by atoms with Crippen molar-refractivity contribution in [2.24, 2.45) is 0 Å². The number of fused-ring (bicyclic) bond motifs is 2.